The Balaban J connectivity index is 1.32. The number of carbonyl (C=O) groups is 1. The molecule has 0 spiro atoms. The van der Waals surface area contributed by atoms with Gasteiger partial charge in [0, 0.05) is 31.5 Å². The van der Waals surface area contributed by atoms with Gasteiger partial charge in [0.1, 0.15) is 5.75 Å². The van der Waals surface area contributed by atoms with E-state index in [4.69, 9.17) is 9.47 Å². The summed E-state index contributed by atoms with van der Waals surface area (Å²) >= 11 is 0. The van der Waals surface area contributed by atoms with E-state index in [1.807, 2.05) is 30.3 Å². The summed E-state index contributed by atoms with van der Waals surface area (Å²) in [6.45, 7) is 8.63. The molecular formula is C28H38N2O3. The van der Waals surface area contributed by atoms with E-state index in [0.29, 0.717) is 38.7 Å². The van der Waals surface area contributed by atoms with Crippen LogP contribution in [-0.2, 0) is 14.9 Å². The second kappa shape index (κ2) is 11.2. The van der Waals surface area contributed by atoms with Crippen LogP contribution in [0.5, 0.6) is 5.75 Å². The Morgan fingerprint density at radius 2 is 1.94 bits per heavy atom. The third-order valence-corrected chi connectivity index (χ3v) is 7.26. The molecule has 5 heteroatoms. The first-order chi connectivity index (χ1) is 16.1. The zero-order chi connectivity index (χ0) is 23.1. The summed E-state index contributed by atoms with van der Waals surface area (Å²) < 4.78 is 11.5. The molecule has 5 nitrogen and oxygen atoms in total. The Hall–Kier alpha value is -2.37. The summed E-state index contributed by atoms with van der Waals surface area (Å²) in [5, 5.41) is 3.16. The average Bonchev–Trinajstić information content (AvgIpc) is 2.84. The number of ether oxygens (including phenoxy) is 2. The van der Waals surface area contributed by atoms with Crippen LogP contribution in [0, 0.1) is 6.92 Å². The highest BCUT2D eigenvalue weighted by atomic mass is 16.5. The Morgan fingerprint density at radius 3 is 2.67 bits per heavy atom. The Kier molecular flexibility index (Phi) is 8.05. The van der Waals surface area contributed by atoms with Crippen LogP contribution in [0.3, 0.4) is 0 Å². The molecule has 2 aromatic carbocycles. The predicted molar refractivity (Wildman–Crippen MR) is 133 cm³/mol. The highest BCUT2D eigenvalue weighted by Crippen LogP contribution is 2.36. The number of hydrogen-bond acceptors (Lipinski definition) is 4. The molecule has 1 amide bonds. The van der Waals surface area contributed by atoms with Crippen LogP contribution in [-0.4, -0.2) is 49.8 Å². The lowest BCUT2D eigenvalue weighted by atomic mass is 9.73. The van der Waals surface area contributed by atoms with Gasteiger partial charge < -0.3 is 19.7 Å². The molecule has 0 aliphatic carbocycles. The van der Waals surface area contributed by atoms with Crippen LogP contribution >= 0.6 is 0 Å². The molecule has 0 radical (unpaired) electrons. The number of carbonyl (C=O) groups excluding carboxylic acids is 1. The van der Waals surface area contributed by atoms with E-state index in [9.17, 15) is 4.79 Å². The van der Waals surface area contributed by atoms with E-state index in [1.54, 1.807) is 0 Å². The van der Waals surface area contributed by atoms with Crippen LogP contribution in [0.2, 0.25) is 0 Å². The van der Waals surface area contributed by atoms with Crippen molar-refractivity contribution in [2.75, 3.05) is 38.2 Å². The minimum Gasteiger partial charge on any atom is -0.494 e. The largest absolute Gasteiger partial charge is 0.494 e. The summed E-state index contributed by atoms with van der Waals surface area (Å²) in [5.74, 6) is 0.889. The van der Waals surface area contributed by atoms with Crippen molar-refractivity contribution >= 4 is 11.6 Å². The SMILES string of the molecule is Cc1cccc(C2(C(=O)Nc3ccc(OCCCN4CCCC[C@@H]4C)cc3)CCOCC2)c1. The zero-order valence-corrected chi connectivity index (χ0v) is 20.1. The van der Waals surface area contributed by atoms with Crippen molar-refractivity contribution in [2.45, 2.75) is 63.8 Å². The molecule has 2 aliphatic heterocycles. The molecule has 0 unspecified atom stereocenters. The molecule has 0 bridgehead atoms. The second-order valence-electron chi connectivity index (χ2n) is 9.63. The van der Waals surface area contributed by atoms with Crippen molar-refractivity contribution in [3.05, 3.63) is 59.7 Å². The maximum atomic E-state index is 13.5. The number of anilines is 1. The zero-order valence-electron chi connectivity index (χ0n) is 20.1. The maximum Gasteiger partial charge on any atom is 0.235 e. The summed E-state index contributed by atoms with van der Waals surface area (Å²) in [5.41, 5.74) is 2.49. The van der Waals surface area contributed by atoms with Crippen molar-refractivity contribution in [3.8, 4) is 5.75 Å². The summed E-state index contributed by atoms with van der Waals surface area (Å²) in [6.07, 6.45) is 6.40. The molecule has 178 valence electrons. The molecule has 2 aliphatic rings. The highest BCUT2D eigenvalue weighted by Gasteiger charge is 2.41. The van der Waals surface area contributed by atoms with Gasteiger partial charge in [0.15, 0.2) is 0 Å². The number of rotatable bonds is 8. The minimum absolute atomic E-state index is 0.0423. The van der Waals surface area contributed by atoms with Crippen molar-refractivity contribution in [1.82, 2.24) is 4.90 Å². The first-order valence-corrected chi connectivity index (χ1v) is 12.5. The fourth-order valence-electron chi connectivity index (χ4n) is 5.14. The number of likely N-dealkylation sites (tertiary alicyclic amines) is 1. The summed E-state index contributed by atoms with van der Waals surface area (Å²) in [4.78, 5) is 16.0. The first-order valence-electron chi connectivity index (χ1n) is 12.5. The number of aryl methyl sites for hydroxylation is 1. The van der Waals surface area contributed by atoms with Crippen molar-refractivity contribution in [2.24, 2.45) is 0 Å². The smallest absolute Gasteiger partial charge is 0.235 e. The lowest BCUT2D eigenvalue weighted by Gasteiger charge is -2.36. The topological polar surface area (TPSA) is 50.8 Å². The van der Waals surface area contributed by atoms with E-state index in [-0.39, 0.29) is 5.91 Å². The van der Waals surface area contributed by atoms with E-state index in [2.05, 4.69) is 42.3 Å². The standard InChI is InChI=1S/C28H38N2O3/c1-22-7-5-9-24(21-22)28(14-19-32-20-15-28)27(31)29-25-10-12-26(13-11-25)33-18-6-17-30-16-4-3-8-23(30)2/h5,7,9-13,21,23H,3-4,6,8,14-20H2,1-2H3,(H,29,31)/t23-/m0/s1. The third-order valence-electron chi connectivity index (χ3n) is 7.26. The van der Waals surface area contributed by atoms with Gasteiger partial charge >= 0.3 is 0 Å². The molecule has 0 saturated carbocycles. The first kappa shape index (κ1) is 23.8. The predicted octanol–water partition coefficient (Wildman–Crippen LogP) is 5.33. The Labute approximate surface area is 198 Å². The lowest BCUT2D eigenvalue weighted by molar-refractivity contribution is -0.125. The molecule has 2 fully saturated rings. The van der Waals surface area contributed by atoms with Crippen molar-refractivity contribution < 1.29 is 14.3 Å². The van der Waals surface area contributed by atoms with Crippen LogP contribution < -0.4 is 10.1 Å². The van der Waals surface area contributed by atoms with Crippen LogP contribution in [0.1, 0.15) is 56.6 Å². The molecular weight excluding hydrogens is 412 g/mol. The minimum atomic E-state index is -0.551. The summed E-state index contributed by atoms with van der Waals surface area (Å²) in [6, 6.07) is 16.8. The molecule has 2 aromatic rings. The van der Waals surface area contributed by atoms with Crippen LogP contribution in [0.25, 0.3) is 0 Å². The second-order valence-corrected chi connectivity index (χ2v) is 9.63. The van der Waals surface area contributed by atoms with E-state index >= 15 is 0 Å². The molecule has 2 heterocycles. The van der Waals surface area contributed by atoms with Gasteiger partial charge in [0.05, 0.1) is 12.0 Å². The number of nitrogens with zero attached hydrogens (tertiary/aromatic N) is 1. The Morgan fingerprint density at radius 1 is 1.15 bits per heavy atom. The third kappa shape index (κ3) is 5.96. The van der Waals surface area contributed by atoms with Gasteiger partial charge in [0.25, 0.3) is 0 Å². The maximum absolute atomic E-state index is 13.5. The Bertz CT molecular complexity index is 906. The van der Waals surface area contributed by atoms with E-state index < -0.39 is 5.41 Å². The molecule has 4 rings (SSSR count). The molecule has 2 saturated heterocycles. The number of amides is 1. The van der Waals surface area contributed by atoms with Gasteiger partial charge in [0.2, 0.25) is 5.91 Å². The van der Waals surface area contributed by atoms with Crippen LogP contribution in [0.15, 0.2) is 48.5 Å². The van der Waals surface area contributed by atoms with E-state index in [1.165, 1.54) is 31.4 Å². The number of benzene rings is 2. The van der Waals surface area contributed by atoms with Crippen molar-refractivity contribution in [3.63, 3.8) is 0 Å². The number of nitrogens with one attached hydrogen (secondary N) is 1. The molecule has 1 N–H and O–H groups in total. The van der Waals surface area contributed by atoms with E-state index in [0.717, 1.165) is 30.0 Å². The normalized spacial score (nSPS) is 20.8. The number of piperidine rings is 1. The average molecular weight is 451 g/mol. The quantitative estimate of drug-likeness (QED) is 0.553. The van der Waals surface area contributed by atoms with Gasteiger partial charge in [-0.2, -0.15) is 0 Å². The fourth-order valence-corrected chi connectivity index (χ4v) is 5.14. The number of hydrogen-bond donors (Lipinski definition) is 1. The fraction of sp³-hybridized carbons (Fsp3) is 0.536. The highest BCUT2D eigenvalue weighted by molar-refractivity contribution is 5.99. The van der Waals surface area contributed by atoms with Gasteiger partial charge in [-0.15, -0.1) is 0 Å². The van der Waals surface area contributed by atoms with Crippen LogP contribution in [0.4, 0.5) is 5.69 Å². The van der Waals surface area contributed by atoms with Crippen molar-refractivity contribution in [1.29, 1.82) is 0 Å². The molecule has 1 atom stereocenters. The molecule has 0 aromatic heterocycles. The monoisotopic (exact) mass is 450 g/mol. The molecule has 33 heavy (non-hydrogen) atoms. The van der Waals surface area contributed by atoms with Gasteiger partial charge in [-0.25, -0.2) is 0 Å². The summed E-state index contributed by atoms with van der Waals surface area (Å²) in [7, 11) is 0. The van der Waals surface area contributed by atoms with Gasteiger partial charge in [-0.3, -0.25) is 4.79 Å². The lowest BCUT2D eigenvalue weighted by Crippen LogP contribution is -2.44. The van der Waals surface area contributed by atoms with Gasteiger partial charge in [-0.1, -0.05) is 36.2 Å². The van der Waals surface area contributed by atoms with Gasteiger partial charge in [-0.05, 0) is 82.3 Å².